The Balaban J connectivity index is 0.000000514. The van der Waals surface area contributed by atoms with Crippen LogP contribution in [0.3, 0.4) is 0 Å². The lowest BCUT2D eigenvalue weighted by molar-refractivity contribution is -0.147. The molecule has 1 amide bonds. The number of halogens is 1. The summed E-state index contributed by atoms with van der Waals surface area (Å²) < 4.78 is 22.4. The van der Waals surface area contributed by atoms with E-state index in [1.807, 2.05) is 6.92 Å². The van der Waals surface area contributed by atoms with Crippen LogP contribution < -0.4 is 10.5 Å². The van der Waals surface area contributed by atoms with Crippen LogP contribution in [0.5, 0.6) is 11.5 Å². The number of carbonyl (C=O) groups excluding carboxylic acids is 2. The second kappa shape index (κ2) is 17.0. The summed E-state index contributed by atoms with van der Waals surface area (Å²) in [6.45, 7) is 10.5. The lowest BCUT2D eigenvalue weighted by Crippen LogP contribution is -2.16. The number of hydrogen-bond acceptors (Lipinski definition) is 7. The maximum atomic E-state index is 12.6. The minimum absolute atomic E-state index is 0.164. The number of nitrogens with zero attached hydrogens (tertiary/aromatic N) is 1. The van der Waals surface area contributed by atoms with E-state index in [1.165, 1.54) is 31.5 Å². The Morgan fingerprint density at radius 3 is 2.32 bits per heavy atom. The Morgan fingerprint density at radius 1 is 1.26 bits per heavy atom. The van der Waals surface area contributed by atoms with Crippen molar-refractivity contribution in [2.24, 2.45) is 5.73 Å². The molecule has 0 bridgehead atoms. The maximum absolute atomic E-state index is 12.6. The van der Waals surface area contributed by atoms with Crippen LogP contribution in [0.4, 0.5) is 4.39 Å². The average molecular weight is 491 g/mol. The molecule has 9 heteroatoms. The van der Waals surface area contributed by atoms with Crippen molar-refractivity contribution in [2.45, 2.75) is 32.8 Å². The zero-order valence-electron chi connectivity index (χ0n) is 19.5. The van der Waals surface area contributed by atoms with Gasteiger partial charge in [-0.2, -0.15) is 0 Å². The van der Waals surface area contributed by atoms with Crippen LogP contribution in [0.15, 0.2) is 72.8 Å². The van der Waals surface area contributed by atoms with Gasteiger partial charge in [0.15, 0.2) is 17.2 Å². The number of hydrogen-bond donors (Lipinski definition) is 3. The fourth-order valence-corrected chi connectivity index (χ4v) is 2.38. The van der Waals surface area contributed by atoms with Gasteiger partial charge in [0.2, 0.25) is 0 Å². The van der Waals surface area contributed by atoms with E-state index >= 15 is 0 Å². The predicted octanol–water partition coefficient (Wildman–Crippen LogP) is 4.78. The van der Waals surface area contributed by atoms with Crippen molar-refractivity contribution < 1.29 is 28.6 Å². The Labute approximate surface area is 205 Å². The number of amides is 1. The zero-order chi connectivity index (χ0) is 26.1. The van der Waals surface area contributed by atoms with E-state index in [9.17, 15) is 19.1 Å². The molecule has 2 aromatic rings. The van der Waals surface area contributed by atoms with Crippen LogP contribution in [0, 0.1) is 5.82 Å². The second-order valence-corrected chi connectivity index (χ2v) is 7.11. The van der Waals surface area contributed by atoms with Crippen molar-refractivity contribution in [3.05, 3.63) is 89.9 Å². The molecule has 0 radical (unpaired) electrons. The third-order valence-corrected chi connectivity index (χ3v) is 4.23. The minimum atomic E-state index is -0.786. The number of nitrogens with two attached hydrogens (primary N) is 1. The van der Waals surface area contributed by atoms with Crippen LogP contribution >= 0.6 is 12.6 Å². The number of aromatic nitrogens is 1. The molecular weight excluding hydrogens is 459 g/mol. The molecule has 0 aliphatic carbocycles. The molecule has 34 heavy (non-hydrogen) atoms. The van der Waals surface area contributed by atoms with Crippen LogP contribution in [0.25, 0.3) is 0 Å². The fraction of sp³-hybridized carbons (Fsp3) is 0.240. The molecule has 0 spiro atoms. The molecule has 7 nitrogen and oxygen atoms in total. The summed E-state index contributed by atoms with van der Waals surface area (Å²) in [5, 5.41) is 9.27. The van der Waals surface area contributed by atoms with Crippen LogP contribution in [-0.4, -0.2) is 35.2 Å². The molecule has 0 fully saturated rings. The van der Waals surface area contributed by atoms with E-state index in [1.54, 1.807) is 37.3 Å². The molecule has 0 aliphatic rings. The number of benzene rings is 1. The van der Waals surface area contributed by atoms with Crippen molar-refractivity contribution in [1.29, 1.82) is 0 Å². The lowest BCUT2D eigenvalue weighted by atomic mass is 10.1. The molecule has 1 atom stereocenters. The molecule has 2 rings (SSSR count). The number of allylic oxidation sites excluding steroid dienone is 3. The van der Waals surface area contributed by atoms with Crippen molar-refractivity contribution in [2.75, 3.05) is 7.11 Å². The maximum Gasteiger partial charge on any atom is 0.305 e. The number of esters is 1. The largest absolute Gasteiger partial charge is 0.503 e. The Morgan fingerprint density at radius 2 is 1.88 bits per heavy atom. The van der Waals surface area contributed by atoms with Gasteiger partial charge < -0.3 is 20.3 Å². The fourth-order valence-electron chi connectivity index (χ4n) is 2.27. The number of aromatic hydroxyl groups is 1. The average Bonchev–Trinajstić information content (AvgIpc) is 2.81. The highest BCUT2D eigenvalue weighted by atomic mass is 32.1. The third-order valence-electron chi connectivity index (χ3n) is 3.90. The van der Waals surface area contributed by atoms with E-state index in [0.29, 0.717) is 12.8 Å². The molecule has 0 saturated carbocycles. The SMILES string of the molecule is C=C/C=C(/S)C=C.CCC(=O)OC(C)Cc1ccc(F)cc1.COc1ccnc(C(N)=O)c1O. The molecule has 184 valence electrons. The van der Waals surface area contributed by atoms with E-state index in [-0.39, 0.29) is 35.1 Å². The van der Waals surface area contributed by atoms with Gasteiger partial charge in [0, 0.05) is 30.0 Å². The van der Waals surface area contributed by atoms with Gasteiger partial charge in [0.25, 0.3) is 5.91 Å². The number of rotatable bonds is 8. The summed E-state index contributed by atoms with van der Waals surface area (Å²) in [5.41, 5.74) is 5.70. The first-order valence-corrected chi connectivity index (χ1v) is 10.6. The van der Waals surface area contributed by atoms with E-state index in [4.69, 9.17) is 15.2 Å². The van der Waals surface area contributed by atoms with Gasteiger partial charge in [-0.05, 0) is 30.7 Å². The standard InChI is InChI=1S/C12H15FO2.C7H8N2O3.C6H8S/c1-3-12(14)15-9(2)8-10-4-6-11(13)7-5-10;1-12-4-2-3-9-5(6(4)10)7(8)11;1-3-5-6(7)4-2/h4-7,9H,3,8H2,1-2H3;2-3,10H,1H3,(H2,8,11);3-5,7H,1-2H2/b;;6-5+. The topological polar surface area (TPSA) is 112 Å². The van der Waals surface area contributed by atoms with Crippen LogP contribution in [-0.2, 0) is 16.0 Å². The van der Waals surface area contributed by atoms with Gasteiger partial charge >= 0.3 is 5.97 Å². The molecule has 1 unspecified atom stereocenters. The molecular formula is C25H31FN2O5S. The van der Waals surface area contributed by atoms with Gasteiger partial charge in [-0.15, -0.1) is 12.6 Å². The van der Waals surface area contributed by atoms with Crippen molar-refractivity contribution >= 4 is 24.5 Å². The molecule has 3 N–H and O–H groups in total. The highest BCUT2D eigenvalue weighted by Gasteiger charge is 2.12. The van der Waals surface area contributed by atoms with E-state index in [2.05, 4.69) is 30.8 Å². The number of carbonyl (C=O) groups is 2. The van der Waals surface area contributed by atoms with Crippen molar-refractivity contribution in [3.63, 3.8) is 0 Å². The summed E-state index contributed by atoms with van der Waals surface area (Å²) in [4.78, 5) is 26.0. The first-order chi connectivity index (χ1) is 16.1. The molecule has 0 aliphatic heterocycles. The highest BCUT2D eigenvalue weighted by molar-refractivity contribution is 7.84. The summed E-state index contributed by atoms with van der Waals surface area (Å²) >= 11 is 3.98. The first kappa shape index (κ1) is 30.4. The summed E-state index contributed by atoms with van der Waals surface area (Å²) in [6.07, 6.45) is 7.27. The smallest absolute Gasteiger partial charge is 0.305 e. The minimum Gasteiger partial charge on any atom is -0.503 e. The number of pyridine rings is 1. The molecule has 1 aromatic heterocycles. The number of methoxy groups -OCH3 is 1. The first-order valence-electron chi connectivity index (χ1n) is 10.2. The Hall–Kier alpha value is -3.59. The van der Waals surface area contributed by atoms with Gasteiger partial charge in [-0.25, -0.2) is 9.37 Å². The zero-order valence-corrected chi connectivity index (χ0v) is 20.4. The second-order valence-electron chi connectivity index (χ2n) is 6.59. The summed E-state index contributed by atoms with van der Waals surface area (Å²) in [7, 11) is 1.37. The monoisotopic (exact) mass is 490 g/mol. The number of primary amides is 1. The quantitative estimate of drug-likeness (QED) is 0.279. The summed E-state index contributed by atoms with van der Waals surface area (Å²) in [6, 6.07) is 7.65. The number of ether oxygens (including phenoxy) is 2. The molecule has 1 aromatic carbocycles. The highest BCUT2D eigenvalue weighted by Crippen LogP contribution is 2.26. The Bertz CT molecular complexity index is 978. The van der Waals surface area contributed by atoms with E-state index < -0.39 is 5.91 Å². The molecule has 0 saturated heterocycles. The normalized spacial score (nSPS) is 10.9. The van der Waals surface area contributed by atoms with Crippen LogP contribution in [0.2, 0.25) is 0 Å². The molecule has 1 heterocycles. The van der Waals surface area contributed by atoms with Gasteiger partial charge in [0.1, 0.15) is 11.9 Å². The Kier molecular flexibility index (Phi) is 15.2. The van der Waals surface area contributed by atoms with Gasteiger partial charge in [0.05, 0.1) is 7.11 Å². The lowest BCUT2D eigenvalue weighted by Gasteiger charge is -2.12. The van der Waals surface area contributed by atoms with Crippen molar-refractivity contribution in [1.82, 2.24) is 4.98 Å². The van der Waals surface area contributed by atoms with Crippen molar-refractivity contribution in [3.8, 4) is 11.5 Å². The van der Waals surface area contributed by atoms with Crippen LogP contribution in [0.1, 0.15) is 36.3 Å². The summed E-state index contributed by atoms with van der Waals surface area (Å²) in [5.74, 6) is -1.39. The third kappa shape index (κ3) is 12.4. The van der Waals surface area contributed by atoms with Gasteiger partial charge in [-0.3, -0.25) is 9.59 Å². The number of thiol groups is 1. The predicted molar refractivity (Wildman–Crippen MR) is 134 cm³/mol. The van der Waals surface area contributed by atoms with Gasteiger partial charge in [-0.1, -0.05) is 44.4 Å². The van der Waals surface area contributed by atoms with E-state index in [0.717, 1.165) is 10.5 Å².